The zero-order chi connectivity index (χ0) is 9.14. The fourth-order valence-corrected chi connectivity index (χ4v) is 1.85. The molecule has 0 radical (unpaired) electrons. The summed E-state index contributed by atoms with van der Waals surface area (Å²) in [5.41, 5.74) is 1.82. The van der Waals surface area contributed by atoms with Gasteiger partial charge in [-0.2, -0.15) is 0 Å². The van der Waals surface area contributed by atoms with Crippen LogP contribution < -0.4 is 0 Å². The van der Waals surface area contributed by atoms with E-state index < -0.39 is 0 Å². The van der Waals surface area contributed by atoms with Crippen LogP contribution in [0.4, 0.5) is 0 Å². The summed E-state index contributed by atoms with van der Waals surface area (Å²) >= 11 is 10.7. The Morgan fingerprint density at radius 2 is 2.42 bits per heavy atom. The Balaban J connectivity index is 2.66. The normalized spacial score (nSPS) is 24.0. The van der Waals surface area contributed by atoms with E-state index in [9.17, 15) is 0 Å². The smallest absolute Gasteiger partial charge is 0.0455 e. The van der Waals surface area contributed by atoms with Gasteiger partial charge in [-0.25, -0.2) is 0 Å². The first-order valence-corrected chi connectivity index (χ1v) is 4.88. The van der Waals surface area contributed by atoms with Crippen LogP contribution in [-0.4, -0.2) is 11.1 Å². The molecule has 0 bridgehead atoms. The van der Waals surface area contributed by atoms with Crippen molar-refractivity contribution in [2.24, 2.45) is 5.92 Å². The summed E-state index contributed by atoms with van der Waals surface area (Å²) in [5, 5.41) is 9.92. The predicted octanol–water partition coefficient (Wildman–Crippen LogP) is 3.32. The second-order valence-corrected chi connectivity index (χ2v) is 3.89. The summed E-state index contributed by atoms with van der Waals surface area (Å²) in [4.78, 5) is 0. The molecule has 0 aromatic carbocycles. The molecular weight excluding hydrogens is 190 g/mol. The number of allylic oxidation sites excluding steroid dienone is 2. The van der Waals surface area contributed by atoms with Crippen LogP contribution in [-0.2, 0) is 0 Å². The largest absolute Gasteiger partial charge is 0.304 e. The van der Waals surface area contributed by atoms with E-state index in [1.165, 1.54) is 10.9 Å². The van der Waals surface area contributed by atoms with E-state index >= 15 is 0 Å². The van der Waals surface area contributed by atoms with E-state index in [-0.39, 0.29) is 5.92 Å². The summed E-state index contributed by atoms with van der Waals surface area (Å²) < 4.78 is 0. The van der Waals surface area contributed by atoms with Crippen molar-refractivity contribution in [3.63, 3.8) is 0 Å². The topological polar surface area (TPSA) is 23.9 Å². The highest BCUT2D eigenvalue weighted by Crippen LogP contribution is 2.31. The predicted molar refractivity (Wildman–Crippen MR) is 57.3 cm³/mol. The summed E-state index contributed by atoms with van der Waals surface area (Å²) in [5.74, 6) is 0.263. The summed E-state index contributed by atoms with van der Waals surface area (Å²) in [7, 11) is 0. The average molecular weight is 202 g/mol. The second kappa shape index (κ2) is 4.15. The number of thiocarbonyl (C=S) groups is 1. The molecule has 1 N–H and O–H groups in total. The second-order valence-electron chi connectivity index (χ2n) is 3.20. The van der Waals surface area contributed by atoms with Gasteiger partial charge in [0.25, 0.3) is 0 Å². The number of rotatable bonds is 2. The van der Waals surface area contributed by atoms with Crippen molar-refractivity contribution in [1.82, 2.24) is 0 Å². The van der Waals surface area contributed by atoms with E-state index in [0.29, 0.717) is 5.71 Å². The third-order valence-electron chi connectivity index (χ3n) is 2.32. The van der Waals surface area contributed by atoms with Crippen LogP contribution in [0.25, 0.3) is 0 Å². The van der Waals surface area contributed by atoms with Gasteiger partial charge in [-0.1, -0.05) is 29.4 Å². The standard InChI is InChI=1S/C9H12ClNS/c1-6-2-3-7(4-8(6)10)9(11)5-12/h5,7,11H,2-4H2,1H3. The first-order valence-electron chi connectivity index (χ1n) is 4.03. The molecule has 0 aromatic rings. The minimum Gasteiger partial charge on any atom is -0.304 e. The minimum absolute atomic E-state index is 0.263. The van der Waals surface area contributed by atoms with E-state index in [4.69, 9.17) is 29.2 Å². The Bertz CT molecular complexity index is 245. The molecule has 0 fully saturated rings. The summed E-state index contributed by atoms with van der Waals surface area (Å²) in [6.45, 7) is 2.06. The summed E-state index contributed by atoms with van der Waals surface area (Å²) in [6, 6.07) is 0. The maximum atomic E-state index is 7.55. The van der Waals surface area contributed by atoms with Gasteiger partial charge in [0.05, 0.1) is 0 Å². The molecule has 0 aromatic heterocycles. The van der Waals surface area contributed by atoms with Crippen molar-refractivity contribution in [1.29, 1.82) is 5.41 Å². The van der Waals surface area contributed by atoms with Crippen LogP contribution in [0.1, 0.15) is 26.2 Å². The monoisotopic (exact) mass is 201 g/mol. The van der Waals surface area contributed by atoms with Crippen molar-refractivity contribution in [3.8, 4) is 0 Å². The highest BCUT2D eigenvalue weighted by molar-refractivity contribution is 7.80. The maximum Gasteiger partial charge on any atom is 0.0455 e. The fraction of sp³-hybridized carbons (Fsp3) is 0.556. The first kappa shape index (κ1) is 9.87. The van der Waals surface area contributed by atoms with Crippen LogP contribution in [0.5, 0.6) is 0 Å². The molecule has 3 heteroatoms. The number of nitrogens with one attached hydrogen (secondary N) is 1. The molecule has 1 rings (SSSR count). The number of halogens is 1. The molecule has 0 saturated carbocycles. The van der Waals surface area contributed by atoms with E-state index in [2.05, 4.69) is 6.92 Å². The highest BCUT2D eigenvalue weighted by Gasteiger charge is 2.20. The third-order valence-corrected chi connectivity index (χ3v) is 3.05. The van der Waals surface area contributed by atoms with Gasteiger partial charge in [0.2, 0.25) is 0 Å². The van der Waals surface area contributed by atoms with Gasteiger partial charge in [-0.05, 0) is 26.2 Å². The van der Waals surface area contributed by atoms with Gasteiger partial charge < -0.3 is 5.41 Å². The van der Waals surface area contributed by atoms with Gasteiger partial charge in [0, 0.05) is 22.0 Å². The Hall–Kier alpha value is -0.210. The van der Waals surface area contributed by atoms with Gasteiger partial charge in [0.1, 0.15) is 0 Å². The lowest BCUT2D eigenvalue weighted by Crippen LogP contribution is -2.17. The molecule has 0 amide bonds. The van der Waals surface area contributed by atoms with Crippen molar-refractivity contribution in [3.05, 3.63) is 10.6 Å². The molecule has 0 spiro atoms. The zero-order valence-corrected chi connectivity index (χ0v) is 8.63. The molecule has 1 nitrogen and oxygen atoms in total. The van der Waals surface area contributed by atoms with E-state index in [0.717, 1.165) is 24.3 Å². The number of hydrogen-bond donors (Lipinski definition) is 1. The SMILES string of the molecule is CC1=C(Cl)CC(C(=N)C=S)CC1. The van der Waals surface area contributed by atoms with Gasteiger partial charge in [-0.15, -0.1) is 0 Å². The molecule has 66 valence electrons. The lowest BCUT2D eigenvalue weighted by Gasteiger charge is -2.21. The maximum absolute atomic E-state index is 7.55. The van der Waals surface area contributed by atoms with E-state index in [1.54, 1.807) is 0 Å². The Labute approximate surface area is 83.3 Å². The summed E-state index contributed by atoms with van der Waals surface area (Å²) in [6.07, 6.45) is 2.84. The van der Waals surface area contributed by atoms with Gasteiger partial charge >= 0.3 is 0 Å². The van der Waals surface area contributed by atoms with Crippen LogP contribution in [0.15, 0.2) is 10.6 Å². The minimum atomic E-state index is 0.263. The van der Waals surface area contributed by atoms with Crippen molar-refractivity contribution >= 4 is 34.9 Å². The van der Waals surface area contributed by atoms with Gasteiger partial charge in [0.15, 0.2) is 0 Å². The lowest BCUT2D eigenvalue weighted by molar-refractivity contribution is 0.594. The quantitative estimate of drug-likeness (QED) is 0.538. The lowest BCUT2D eigenvalue weighted by atomic mass is 9.87. The fourth-order valence-electron chi connectivity index (χ4n) is 1.38. The van der Waals surface area contributed by atoms with Crippen molar-refractivity contribution in [2.45, 2.75) is 26.2 Å². The molecule has 0 aliphatic heterocycles. The Kier molecular flexibility index (Phi) is 3.41. The Morgan fingerprint density at radius 3 is 2.92 bits per heavy atom. The zero-order valence-electron chi connectivity index (χ0n) is 7.06. The van der Waals surface area contributed by atoms with Gasteiger partial charge in [-0.3, -0.25) is 0 Å². The number of hydrogen-bond acceptors (Lipinski definition) is 2. The molecule has 1 unspecified atom stereocenters. The van der Waals surface area contributed by atoms with E-state index in [1.807, 2.05) is 0 Å². The van der Waals surface area contributed by atoms with Crippen LogP contribution >= 0.6 is 23.8 Å². The Morgan fingerprint density at radius 1 is 1.75 bits per heavy atom. The average Bonchev–Trinajstić information content (AvgIpc) is 2.08. The molecular formula is C9H12ClNS. The molecule has 1 aliphatic carbocycles. The molecule has 1 aliphatic rings. The van der Waals surface area contributed by atoms with Crippen molar-refractivity contribution < 1.29 is 0 Å². The third kappa shape index (κ3) is 2.14. The first-order chi connectivity index (χ1) is 5.65. The molecule has 0 heterocycles. The van der Waals surface area contributed by atoms with Crippen LogP contribution in [0.2, 0.25) is 0 Å². The molecule has 12 heavy (non-hydrogen) atoms. The van der Waals surface area contributed by atoms with Crippen molar-refractivity contribution in [2.75, 3.05) is 0 Å². The molecule has 1 atom stereocenters. The highest BCUT2D eigenvalue weighted by atomic mass is 35.5. The van der Waals surface area contributed by atoms with Crippen LogP contribution in [0.3, 0.4) is 0 Å². The molecule has 0 saturated heterocycles. The van der Waals surface area contributed by atoms with Crippen LogP contribution in [0, 0.1) is 11.3 Å².